The maximum absolute atomic E-state index is 10.9. The van der Waals surface area contributed by atoms with Crippen molar-refractivity contribution >= 4 is 16.9 Å². The summed E-state index contributed by atoms with van der Waals surface area (Å²) in [5.74, 6) is -0.517. The zero-order chi connectivity index (χ0) is 14.4. The molecule has 4 nitrogen and oxygen atoms in total. The third-order valence-electron chi connectivity index (χ3n) is 2.52. The number of carboxylic acid groups (broad SMARTS) is 1. The van der Waals surface area contributed by atoms with Gasteiger partial charge in [-0.1, -0.05) is 27.7 Å². The Morgan fingerprint density at radius 2 is 1.95 bits per heavy atom. The van der Waals surface area contributed by atoms with Gasteiger partial charge in [-0.15, -0.1) is 0 Å². The van der Waals surface area contributed by atoms with Gasteiger partial charge in [0, 0.05) is 17.8 Å². The van der Waals surface area contributed by atoms with Crippen LogP contribution < -0.4 is 0 Å². The van der Waals surface area contributed by atoms with Gasteiger partial charge in [-0.2, -0.15) is 0 Å². The van der Waals surface area contributed by atoms with E-state index in [1.807, 2.05) is 13.8 Å². The van der Waals surface area contributed by atoms with Crippen LogP contribution in [0.25, 0.3) is 10.9 Å². The lowest BCUT2D eigenvalue weighted by Crippen LogP contribution is -2.03. The molecular formula is C15H20N2O2. The third kappa shape index (κ3) is 3.74. The fourth-order valence-corrected chi connectivity index (χ4v) is 1.81. The van der Waals surface area contributed by atoms with Crippen LogP contribution in [-0.2, 0) is 6.42 Å². The van der Waals surface area contributed by atoms with E-state index in [-0.39, 0.29) is 5.69 Å². The normalized spacial score (nSPS) is 10.2. The van der Waals surface area contributed by atoms with Gasteiger partial charge in [-0.25, -0.2) is 9.78 Å². The molecule has 0 aliphatic rings. The molecule has 2 rings (SSSR count). The lowest BCUT2D eigenvalue weighted by atomic mass is 10.0. The molecule has 102 valence electrons. The molecule has 0 spiro atoms. The van der Waals surface area contributed by atoms with Crippen LogP contribution in [0.5, 0.6) is 0 Å². The number of rotatable bonds is 3. The van der Waals surface area contributed by atoms with Crippen LogP contribution in [0.2, 0.25) is 0 Å². The largest absolute Gasteiger partial charge is 0.477 e. The summed E-state index contributed by atoms with van der Waals surface area (Å²) in [4.78, 5) is 19.2. The minimum atomic E-state index is -1.00. The first-order valence-corrected chi connectivity index (χ1v) is 6.55. The van der Waals surface area contributed by atoms with Crippen molar-refractivity contribution in [3.8, 4) is 0 Å². The highest BCUT2D eigenvalue weighted by atomic mass is 16.4. The van der Waals surface area contributed by atoms with Gasteiger partial charge in [0.15, 0.2) is 0 Å². The summed E-state index contributed by atoms with van der Waals surface area (Å²) in [5, 5.41) is 9.82. The molecule has 2 heterocycles. The monoisotopic (exact) mass is 260 g/mol. The molecular weight excluding hydrogens is 240 g/mol. The Bertz CT molecular complexity index is 565. The Kier molecular flexibility index (Phi) is 5.42. The maximum Gasteiger partial charge on any atom is 0.354 e. The fraction of sp³-hybridized carbons (Fsp3) is 0.400. The first-order chi connectivity index (χ1) is 9.08. The summed E-state index contributed by atoms with van der Waals surface area (Å²) in [6.45, 7) is 8.22. The average Bonchev–Trinajstić information content (AvgIpc) is 2.40. The predicted octanol–water partition coefficient (Wildman–Crippen LogP) is 3.55. The van der Waals surface area contributed by atoms with Crippen molar-refractivity contribution in [3.63, 3.8) is 0 Å². The van der Waals surface area contributed by atoms with Crippen LogP contribution in [0, 0.1) is 5.92 Å². The van der Waals surface area contributed by atoms with Crippen molar-refractivity contribution in [3.05, 3.63) is 35.8 Å². The van der Waals surface area contributed by atoms with E-state index >= 15 is 0 Å². The van der Waals surface area contributed by atoms with Gasteiger partial charge in [-0.05, 0) is 30.0 Å². The second kappa shape index (κ2) is 6.83. The predicted molar refractivity (Wildman–Crippen MR) is 76.4 cm³/mol. The molecule has 0 atom stereocenters. The molecule has 2 aromatic heterocycles. The summed E-state index contributed by atoms with van der Waals surface area (Å²) in [5.41, 5.74) is 1.82. The number of carbonyl (C=O) groups is 1. The van der Waals surface area contributed by atoms with Gasteiger partial charge in [0.05, 0.1) is 5.52 Å². The van der Waals surface area contributed by atoms with Crippen molar-refractivity contribution in [2.75, 3.05) is 0 Å². The van der Waals surface area contributed by atoms with E-state index in [0.717, 1.165) is 22.9 Å². The summed E-state index contributed by atoms with van der Waals surface area (Å²) >= 11 is 0. The standard InChI is InChI=1S/C13H14N2O2.C2H6/c1-8(2)5-10-7-14-6-9-3-4-11(13(16)17)15-12(9)10;1-2/h3-4,6-8H,5H2,1-2H3,(H,16,17);1-2H3. The summed E-state index contributed by atoms with van der Waals surface area (Å²) in [6.07, 6.45) is 4.32. The number of fused-ring (bicyclic) bond motifs is 1. The highest BCUT2D eigenvalue weighted by Gasteiger charge is 2.09. The molecule has 0 saturated heterocycles. The summed E-state index contributed by atoms with van der Waals surface area (Å²) < 4.78 is 0. The van der Waals surface area contributed by atoms with Crippen molar-refractivity contribution in [1.29, 1.82) is 0 Å². The van der Waals surface area contributed by atoms with E-state index < -0.39 is 5.97 Å². The second-order valence-electron chi connectivity index (χ2n) is 4.47. The van der Waals surface area contributed by atoms with Crippen LogP contribution >= 0.6 is 0 Å². The zero-order valence-electron chi connectivity index (χ0n) is 11.8. The number of aromatic carboxylic acids is 1. The number of hydrogen-bond acceptors (Lipinski definition) is 3. The molecule has 2 aromatic rings. The van der Waals surface area contributed by atoms with Crippen LogP contribution in [0.15, 0.2) is 24.5 Å². The van der Waals surface area contributed by atoms with E-state index in [1.165, 1.54) is 6.07 Å². The molecule has 0 saturated carbocycles. The molecule has 0 radical (unpaired) electrons. The highest BCUT2D eigenvalue weighted by Crippen LogP contribution is 2.18. The molecule has 4 heteroatoms. The van der Waals surface area contributed by atoms with Crippen LogP contribution in [-0.4, -0.2) is 21.0 Å². The number of pyridine rings is 2. The molecule has 0 bridgehead atoms. The minimum Gasteiger partial charge on any atom is -0.477 e. The highest BCUT2D eigenvalue weighted by molar-refractivity contribution is 5.90. The molecule has 1 N–H and O–H groups in total. The van der Waals surface area contributed by atoms with E-state index in [4.69, 9.17) is 5.11 Å². The van der Waals surface area contributed by atoms with Crippen LogP contribution in [0.3, 0.4) is 0 Å². The molecule has 0 aromatic carbocycles. The lowest BCUT2D eigenvalue weighted by Gasteiger charge is -2.08. The van der Waals surface area contributed by atoms with Gasteiger partial charge in [0.25, 0.3) is 0 Å². The van der Waals surface area contributed by atoms with Gasteiger partial charge in [0.1, 0.15) is 5.69 Å². The van der Waals surface area contributed by atoms with E-state index in [9.17, 15) is 4.79 Å². The van der Waals surface area contributed by atoms with Crippen LogP contribution in [0.4, 0.5) is 0 Å². The van der Waals surface area contributed by atoms with Gasteiger partial charge >= 0.3 is 5.97 Å². The smallest absolute Gasteiger partial charge is 0.354 e. The number of nitrogens with zero attached hydrogens (tertiary/aromatic N) is 2. The van der Waals surface area contributed by atoms with Gasteiger partial charge in [0.2, 0.25) is 0 Å². The van der Waals surface area contributed by atoms with Crippen molar-refractivity contribution in [1.82, 2.24) is 9.97 Å². The third-order valence-corrected chi connectivity index (χ3v) is 2.52. The summed E-state index contributed by atoms with van der Waals surface area (Å²) in [6, 6.07) is 3.26. The van der Waals surface area contributed by atoms with Crippen LogP contribution in [0.1, 0.15) is 43.7 Å². The fourth-order valence-electron chi connectivity index (χ4n) is 1.81. The molecule has 0 aliphatic heterocycles. The molecule has 0 unspecified atom stereocenters. The average molecular weight is 260 g/mol. The number of hydrogen-bond donors (Lipinski definition) is 1. The number of carboxylic acids is 1. The Morgan fingerprint density at radius 3 is 2.53 bits per heavy atom. The van der Waals surface area contributed by atoms with Crippen molar-refractivity contribution in [2.45, 2.75) is 34.1 Å². The SMILES string of the molecule is CC.CC(C)Cc1cncc2ccc(C(=O)O)nc12. The summed E-state index contributed by atoms with van der Waals surface area (Å²) in [7, 11) is 0. The maximum atomic E-state index is 10.9. The first-order valence-electron chi connectivity index (χ1n) is 6.55. The Hall–Kier alpha value is -1.97. The lowest BCUT2D eigenvalue weighted by molar-refractivity contribution is 0.0691. The second-order valence-corrected chi connectivity index (χ2v) is 4.47. The molecule has 0 aliphatic carbocycles. The quantitative estimate of drug-likeness (QED) is 0.916. The Morgan fingerprint density at radius 1 is 1.26 bits per heavy atom. The molecule has 0 fully saturated rings. The molecule has 0 amide bonds. The zero-order valence-corrected chi connectivity index (χ0v) is 11.8. The Balaban J connectivity index is 0.000000861. The van der Waals surface area contributed by atoms with Gasteiger partial charge < -0.3 is 5.11 Å². The van der Waals surface area contributed by atoms with E-state index in [0.29, 0.717) is 5.92 Å². The first kappa shape index (κ1) is 15.1. The topological polar surface area (TPSA) is 63.1 Å². The Labute approximate surface area is 113 Å². The molecule has 19 heavy (non-hydrogen) atoms. The van der Waals surface area contributed by atoms with Gasteiger partial charge in [-0.3, -0.25) is 4.98 Å². The van der Waals surface area contributed by atoms with E-state index in [1.54, 1.807) is 18.5 Å². The number of aromatic nitrogens is 2. The minimum absolute atomic E-state index is 0.0775. The van der Waals surface area contributed by atoms with Crippen molar-refractivity contribution in [2.24, 2.45) is 5.92 Å². The van der Waals surface area contributed by atoms with Crippen molar-refractivity contribution < 1.29 is 9.90 Å². The van der Waals surface area contributed by atoms with E-state index in [2.05, 4.69) is 23.8 Å².